The van der Waals surface area contributed by atoms with Crippen LogP contribution in [0.25, 0.3) is 22.4 Å². The lowest BCUT2D eigenvalue weighted by molar-refractivity contribution is 0.580. The molecule has 2 aromatic carbocycles. The van der Waals surface area contributed by atoms with E-state index in [-0.39, 0.29) is 11.8 Å². The number of sulfonamides is 1. The molecule has 0 aliphatic heterocycles. The van der Waals surface area contributed by atoms with Crippen molar-refractivity contribution >= 4 is 44.2 Å². The Morgan fingerprint density at radius 1 is 0.974 bits per heavy atom. The number of benzene rings is 2. The van der Waals surface area contributed by atoms with Gasteiger partial charge in [-0.25, -0.2) is 23.1 Å². The topological polar surface area (TPSA) is 138 Å². The Morgan fingerprint density at radius 2 is 1.79 bits per heavy atom. The molecule has 3 aromatic heterocycles. The molecule has 192 valence electrons. The predicted molar refractivity (Wildman–Crippen MR) is 148 cm³/mol. The number of nitrogens with one attached hydrogen (secondary N) is 4. The van der Waals surface area contributed by atoms with Crippen LogP contribution in [0.3, 0.4) is 0 Å². The van der Waals surface area contributed by atoms with Crippen LogP contribution >= 0.6 is 0 Å². The van der Waals surface area contributed by atoms with Crippen LogP contribution in [0.1, 0.15) is 24.0 Å². The lowest BCUT2D eigenvalue weighted by Crippen LogP contribution is -2.26. The van der Waals surface area contributed by atoms with Gasteiger partial charge < -0.3 is 15.6 Å². The summed E-state index contributed by atoms with van der Waals surface area (Å²) in [6, 6.07) is 17.3. The van der Waals surface area contributed by atoms with Gasteiger partial charge in [0.1, 0.15) is 11.6 Å². The van der Waals surface area contributed by atoms with Crippen molar-refractivity contribution in [1.82, 2.24) is 29.6 Å². The molecule has 6 rings (SSSR count). The van der Waals surface area contributed by atoms with Crippen LogP contribution in [-0.2, 0) is 16.6 Å². The van der Waals surface area contributed by atoms with Crippen LogP contribution in [-0.4, -0.2) is 38.6 Å². The molecule has 1 saturated carbocycles. The second-order valence-corrected chi connectivity index (χ2v) is 11.3. The maximum absolute atomic E-state index is 12.0. The molecule has 1 aliphatic rings. The molecule has 11 heteroatoms. The molecule has 10 nitrogen and oxygen atoms in total. The van der Waals surface area contributed by atoms with Crippen molar-refractivity contribution < 1.29 is 8.42 Å². The number of anilines is 4. The summed E-state index contributed by atoms with van der Waals surface area (Å²) in [7, 11) is -3.20. The quantitative estimate of drug-likeness (QED) is 0.215. The van der Waals surface area contributed by atoms with E-state index in [1.54, 1.807) is 18.6 Å². The van der Waals surface area contributed by atoms with Crippen molar-refractivity contribution in [1.29, 1.82) is 0 Å². The van der Waals surface area contributed by atoms with Gasteiger partial charge >= 0.3 is 0 Å². The summed E-state index contributed by atoms with van der Waals surface area (Å²) in [5.41, 5.74) is 6.11. The van der Waals surface area contributed by atoms with E-state index in [0.29, 0.717) is 11.8 Å². The van der Waals surface area contributed by atoms with Crippen LogP contribution in [0.2, 0.25) is 0 Å². The molecule has 0 spiro atoms. The van der Waals surface area contributed by atoms with Gasteiger partial charge in [-0.15, -0.1) is 0 Å². The number of fused-ring (bicyclic) bond motifs is 1. The van der Waals surface area contributed by atoms with E-state index in [1.807, 2.05) is 61.5 Å². The molecular formula is C27H26N8O2S. The summed E-state index contributed by atoms with van der Waals surface area (Å²) in [6.07, 6.45) is 6.76. The number of pyridine rings is 1. The van der Waals surface area contributed by atoms with Gasteiger partial charge in [-0.1, -0.05) is 12.1 Å². The van der Waals surface area contributed by atoms with Crippen molar-refractivity contribution in [2.45, 2.75) is 31.6 Å². The SMILES string of the molecule is Cc1cnc(Nc2ccc3nc(-c4cccnc4)[nH]c3c2)nc1Nc1ccc(CNS(=O)(=O)C2CC2)cc1. The van der Waals surface area contributed by atoms with Crippen molar-refractivity contribution in [2.75, 3.05) is 10.6 Å². The third-order valence-corrected chi connectivity index (χ3v) is 8.20. The Hall–Kier alpha value is -4.35. The van der Waals surface area contributed by atoms with Gasteiger partial charge in [0, 0.05) is 47.6 Å². The van der Waals surface area contributed by atoms with E-state index in [9.17, 15) is 8.42 Å². The number of nitrogens with zero attached hydrogens (tertiary/aromatic N) is 4. The first kappa shape index (κ1) is 24.0. The lowest BCUT2D eigenvalue weighted by Gasteiger charge is -2.12. The van der Waals surface area contributed by atoms with Crippen LogP contribution < -0.4 is 15.4 Å². The third-order valence-electron chi connectivity index (χ3n) is 6.30. The van der Waals surface area contributed by atoms with Gasteiger partial charge in [0.2, 0.25) is 16.0 Å². The number of aromatic amines is 1. The number of imidazole rings is 1. The average Bonchev–Trinajstić information content (AvgIpc) is 3.71. The van der Waals surface area contributed by atoms with Gasteiger partial charge in [0.25, 0.3) is 0 Å². The smallest absolute Gasteiger partial charge is 0.229 e. The van der Waals surface area contributed by atoms with Crippen molar-refractivity contribution in [2.24, 2.45) is 0 Å². The Balaban J connectivity index is 1.14. The van der Waals surface area contributed by atoms with E-state index in [4.69, 9.17) is 0 Å². The lowest BCUT2D eigenvalue weighted by atomic mass is 10.2. The molecule has 4 N–H and O–H groups in total. The van der Waals surface area contributed by atoms with Gasteiger partial charge in [-0.3, -0.25) is 4.98 Å². The predicted octanol–water partition coefficient (Wildman–Crippen LogP) is 4.79. The maximum atomic E-state index is 12.0. The molecule has 0 saturated heterocycles. The third kappa shape index (κ3) is 5.34. The van der Waals surface area contributed by atoms with E-state index in [0.717, 1.165) is 57.8 Å². The van der Waals surface area contributed by atoms with E-state index >= 15 is 0 Å². The van der Waals surface area contributed by atoms with Gasteiger partial charge in [-0.05, 0) is 67.8 Å². The van der Waals surface area contributed by atoms with Crippen molar-refractivity contribution in [3.05, 3.63) is 84.3 Å². The molecule has 3 heterocycles. The summed E-state index contributed by atoms with van der Waals surface area (Å²) in [5.74, 6) is 1.89. The summed E-state index contributed by atoms with van der Waals surface area (Å²) in [4.78, 5) is 21.2. The normalized spacial score (nSPS) is 13.5. The first-order valence-corrected chi connectivity index (χ1v) is 13.8. The minimum absolute atomic E-state index is 0.224. The fourth-order valence-electron chi connectivity index (χ4n) is 4.01. The number of hydrogen-bond donors (Lipinski definition) is 4. The first-order valence-electron chi connectivity index (χ1n) is 12.3. The second kappa shape index (κ2) is 9.84. The number of rotatable bonds is 9. The molecule has 0 unspecified atom stereocenters. The fraction of sp³-hybridized carbons (Fsp3) is 0.185. The van der Waals surface area contributed by atoms with Crippen LogP contribution in [0.15, 0.2) is 73.2 Å². The molecule has 0 radical (unpaired) electrons. The molecule has 0 atom stereocenters. The maximum Gasteiger partial charge on any atom is 0.229 e. The van der Waals surface area contributed by atoms with Crippen LogP contribution in [0.4, 0.5) is 23.1 Å². The van der Waals surface area contributed by atoms with Crippen molar-refractivity contribution in [3.63, 3.8) is 0 Å². The Morgan fingerprint density at radius 3 is 2.55 bits per heavy atom. The van der Waals surface area contributed by atoms with Gasteiger partial charge in [0.05, 0.1) is 16.3 Å². The molecule has 1 fully saturated rings. The zero-order valence-corrected chi connectivity index (χ0v) is 21.5. The summed E-state index contributed by atoms with van der Waals surface area (Å²) >= 11 is 0. The fourth-order valence-corrected chi connectivity index (χ4v) is 5.37. The monoisotopic (exact) mass is 526 g/mol. The average molecular weight is 527 g/mol. The van der Waals surface area contributed by atoms with E-state index in [2.05, 4.69) is 40.3 Å². The molecule has 5 aromatic rings. The molecular weight excluding hydrogens is 500 g/mol. The second-order valence-electron chi connectivity index (χ2n) is 9.30. The molecule has 0 amide bonds. The largest absolute Gasteiger partial charge is 0.340 e. The Kier molecular flexibility index (Phi) is 6.22. The van der Waals surface area contributed by atoms with Gasteiger partial charge in [0.15, 0.2) is 0 Å². The highest BCUT2D eigenvalue weighted by Gasteiger charge is 2.35. The highest BCUT2D eigenvalue weighted by Crippen LogP contribution is 2.28. The summed E-state index contributed by atoms with van der Waals surface area (Å²) in [5, 5.41) is 6.37. The summed E-state index contributed by atoms with van der Waals surface area (Å²) in [6.45, 7) is 2.22. The van der Waals surface area contributed by atoms with Crippen LogP contribution in [0.5, 0.6) is 0 Å². The van der Waals surface area contributed by atoms with Crippen molar-refractivity contribution in [3.8, 4) is 11.4 Å². The number of hydrogen-bond acceptors (Lipinski definition) is 8. The summed E-state index contributed by atoms with van der Waals surface area (Å²) < 4.78 is 26.8. The van der Waals surface area contributed by atoms with E-state index in [1.165, 1.54) is 0 Å². The minimum Gasteiger partial charge on any atom is -0.340 e. The zero-order valence-electron chi connectivity index (χ0n) is 20.6. The Bertz CT molecular complexity index is 1700. The minimum atomic E-state index is -3.20. The van der Waals surface area contributed by atoms with Gasteiger partial charge in [-0.2, -0.15) is 4.98 Å². The highest BCUT2D eigenvalue weighted by atomic mass is 32.2. The van der Waals surface area contributed by atoms with Crippen LogP contribution in [0, 0.1) is 6.92 Å². The number of aryl methyl sites for hydroxylation is 1. The highest BCUT2D eigenvalue weighted by molar-refractivity contribution is 7.90. The molecule has 0 bridgehead atoms. The first-order chi connectivity index (χ1) is 18.4. The molecule has 1 aliphatic carbocycles. The number of aromatic nitrogens is 5. The number of H-pyrrole nitrogens is 1. The zero-order chi connectivity index (χ0) is 26.1. The standard InChI is InChI=1S/C27H26N8O2S/c1-17-14-29-27(32-21-8-11-23-24(13-21)34-26(33-23)19-3-2-12-28-16-19)35-25(17)31-20-6-4-18(5-7-20)15-30-38(36,37)22-9-10-22/h2-8,11-14,16,22,30H,9-10,15H2,1H3,(H,33,34)(H2,29,31,32,35). The molecule has 38 heavy (non-hydrogen) atoms. The Labute approximate surface area is 220 Å². The van der Waals surface area contributed by atoms with E-state index < -0.39 is 10.0 Å².